The number of aryl methyl sites for hydroxylation is 2. The van der Waals surface area contributed by atoms with Crippen molar-refractivity contribution >= 4 is 11.0 Å². The molecule has 2 aromatic heterocycles. The van der Waals surface area contributed by atoms with Crippen LogP contribution in [0.3, 0.4) is 0 Å². The number of fused-ring (bicyclic) bond motifs is 1. The van der Waals surface area contributed by atoms with Gasteiger partial charge in [-0.05, 0) is 44.5 Å². The summed E-state index contributed by atoms with van der Waals surface area (Å²) in [7, 11) is 1.92. The average molecular weight is 247 g/mol. The lowest BCUT2D eigenvalue weighted by Crippen LogP contribution is -2.16. The van der Waals surface area contributed by atoms with Gasteiger partial charge in [0.2, 0.25) is 0 Å². The second kappa shape index (κ2) is 5.93. The van der Waals surface area contributed by atoms with Gasteiger partial charge in [0.1, 0.15) is 0 Å². The van der Waals surface area contributed by atoms with E-state index < -0.39 is 0 Å². The van der Waals surface area contributed by atoms with Gasteiger partial charge in [0.15, 0.2) is 5.65 Å². The van der Waals surface area contributed by atoms with Crippen LogP contribution in [0.15, 0.2) is 12.3 Å². The van der Waals surface area contributed by atoms with Crippen LogP contribution < -0.4 is 11.1 Å². The van der Waals surface area contributed by atoms with E-state index in [2.05, 4.69) is 21.5 Å². The molecule has 0 saturated carbocycles. The Bertz CT molecular complexity index is 517. The molecule has 3 N–H and O–H groups in total. The smallest absolute Gasteiger partial charge is 0.157 e. The van der Waals surface area contributed by atoms with Crippen molar-refractivity contribution in [3.8, 4) is 0 Å². The maximum absolute atomic E-state index is 5.46. The van der Waals surface area contributed by atoms with Gasteiger partial charge in [-0.1, -0.05) is 0 Å². The zero-order valence-electron chi connectivity index (χ0n) is 11.1. The number of nitrogens with one attached hydrogen (secondary N) is 1. The van der Waals surface area contributed by atoms with Crippen molar-refractivity contribution in [3.05, 3.63) is 23.5 Å². The molecule has 0 amide bonds. The first-order valence-electron chi connectivity index (χ1n) is 6.41. The van der Waals surface area contributed by atoms with Crippen molar-refractivity contribution < 1.29 is 0 Å². The van der Waals surface area contributed by atoms with E-state index in [1.165, 1.54) is 5.56 Å². The molecule has 0 fully saturated rings. The molecule has 18 heavy (non-hydrogen) atoms. The minimum atomic E-state index is 0.768. The van der Waals surface area contributed by atoms with E-state index in [-0.39, 0.29) is 0 Å². The highest BCUT2D eigenvalue weighted by molar-refractivity contribution is 5.78. The predicted molar refractivity (Wildman–Crippen MR) is 73.2 cm³/mol. The largest absolute Gasteiger partial charge is 0.330 e. The third-order valence-electron chi connectivity index (χ3n) is 3.06. The molecular formula is C13H21N5. The molecule has 0 atom stereocenters. The SMILES string of the molecule is Cc1nn(C)c2ncc(CNCCCCN)cc12. The van der Waals surface area contributed by atoms with Crippen LogP contribution in [0.4, 0.5) is 0 Å². The molecule has 0 radical (unpaired) electrons. The molecule has 0 aromatic carbocycles. The lowest BCUT2D eigenvalue weighted by Gasteiger charge is -2.04. The summed E-state index contributed by atoms with van der Waals surface area (Å²) in [6.45, 7) is 4.63. The van der Waals surface area contributed by atoms with E-state index in [1.54, 1.807) is 0 Å². The maximum Gasteiger partial charge on any atom is 0.157 e. The van der Waals surface area contributed by atoms with Gasteiger partial charge in [0, 0.05) is 25.2 Å². The quantitative estimate of drug-likeness (QED) is 0.750. The summed E-state index contributed by atoms with van der Waals surface area (Å²) in [6.07, 6.45) is 4.11. The Morgan fingerprint density at radius 1 is 1.39 bits per heavy atom. The van der Waals surface area contributed by atoms with Crippen LogP contribution in [0, 0.1) is 6.92 Å². The second-order valence-corrected chi connectivity index (χ2v) is 4.60. The molecule has 0 aliphatic carbocycles. The highest BCUT2D eigenvalue weighted by Gasteiger charge is 2.06. The van der Waals surface area contributed by atoms with Gasteiger partial charge in [-0.15, -0.1) is 0 Å². The van der Waals surface area contributed by atoms with E-state index in [0.29, 0.717) is 0 Å². The first-order chi connectivity index (χ1) is 8.72. The number of rotatable bonds is 6. The Hall–Kier alpha value is -1.46. The molecule has 2 aromatic rings. The number of pyridine rings is 1. The molecule has 2 heterocycles. The minimum Gasteiger partial charge on any atom is -0.330 e. The normalized spacial score (nSPS) is 11.3. The maximum atomic E-state index is 5.46. The van der Waals surface area contributed by atoms with Crippen LogP contribution in [0.2, 0.25) is 0 Å². The van der Waals surface area contributed by atoms with Crippen LogP contribution >= 0.6 is 0 Å². The molecule has 5 heteroatoms. The topological polar surface area (TPSA) is 68.8 Å². The predicted octanol–water partition coefficient (Wildman–Crippen LogP) is 1.11. The fourth-order valence-corrected chi connectivity index (χ4v) is 2.07. The molecule has 0 aliphatic rings. The Morgan fingerprint density at radius 2 is 2.22 bits per heavy atom. The molecule has 2 rings (SSSR count). The van der Waals surface area contributed by atoms with Crippen molar-refractivity contribution in [1.29, 1.82) is 0 Å². The molecule has 98 valence electrons. The number of nitrogens with zero attached hydrogens (tertiary/aromatic N) is 3. The van der Waals surface area contributed by atoms with Gasteiger partial charge in [0.05, 0.1) is 5.69 Å². The van der Waals surface area contributed by atoms with Crippen molar-refractivity contribution in [1.82, 2.24) is 20.1 Å². The Morgan fingerprint density at radius 3 is 3.00 bits per heavy atom. The van der Waals surface area contributed by atoms with Crippen molar-refractivity contribution in [2.45, 2.75) is 26.3 Å². The molecule has 0 spiro atoms. The fourth-order valence-electron chi connectivity index (χ4n) is 2.07. The van der Waals surface area contributed by atoms with Crippen LogP contribution in [0.1, 0.15) is 24.1 Å². The van der Waals surface area contributed by atoms with Gasteiger partial charge < -0.3 is 11.1 Å². The summed E-state index contributed by atoms with van der Waals surface area (Å²) in [4.78, 5) is 4.46. The molecule has 5 nitrogen and oxygen atoms in total. The number of unbranched alkanes of at least 4 members (excludes halogenated alkanes) is 1. The summed E-state index contributed by atoms with van der Waals surface area (Å²) < 4.78 is 1.82. The van der Waals surface area contributed by atoms with Crippen LogP contribution in [0.25, 0.3) is 11.0 Å². The highest BCUT2D eigenvalue weighted by atomic mass is 15.3. The molecule has 0 bridgehead atoms. The zero-order valence-corrected chi connectivity index (χ0v) is 11.1. The van der Waals surface area contributed by atoms with E-state index >= 15 is 0 Å². The summed E-state index contributed by atoms with van der Waals surface area (Å²) in [6, 6.07) is 2.17. The van der Waals surface area contributed by atoms with Crippen molar-refractivity contribution in [3.63, 3.8) is 0 Å². The first kappa shape index (κ1) is 13.0. The second-order valence-electron chi connectivity index (χ2n) is 4.60. The van der Waals surface area contributed by atoms with E-state index in [4.69, 9.17) is 5.73 Å². The van der Waals surface area contributed by atoms with E-state index in [9.17, 15) is 0 Å². The van der Waals surface area contributed by atoms with Crippen molar-refractivity contribution in [2.24, 2.45) is 12.8 Å². The summed E-state index contributed by atoms with van der Waals surface area (Å²) in [5.74, 6) is 0. The average Bonchev–Trinajstić information content (AvgIpc) is 2.65. The van der Waals surface area contributed by atoms with Crippen molar-refractivity contribution in [2.75, 3.05) is 13.1 Å². The van der Waals surface area contributed by atoms with E-state index in [1.807, 2.05) is 24.9 Å². The summed E-state index contributed by atoms with van der Waals surface area (Å²) in [5.41, 5.74) is 8.63. The highest BCUT2D eigenvalue weighted by Crippen LogP contribution is 2.16. The van der Waals surface area contributed by atoms with Gasteiger partial charge in [-0.2, -0.15) is 5.10 Å². The Balaban J connectivity index is 1.99. The fraction of sp³-hybridized carbons (Fsp3) is 0.538. The molecular weight excluding hydrogens is 226 g/mol. The van der Waals surface area contributed by atoms with Gasteiger partial charge in [-0.25, -0.2) is 4.98 Å². The van der Waals surface area contributed by atoms with Gasteiger partial charge in [-0.3, -0.25) is 4.68 Å². The third-order valence-corrected chi connectivity index (χ3v) is 3.06. The minimum absolute atomic E-state index is 0.768. The third kappa shape index (κ3) is 2.86. The lowest BCUT2D eigenvalue weighted by molar-refractivity contribution is 0.627. The number of aromatic nitrogens is 3. The Labute approximate surface area is 107 Å². The van der Waals surface area contributed by atoms with Crippen LogP contribution in [0.5, 0.6) is 0 Å². The molecule has 0 aliphatic heterocycles. The summed E-state index contributed by atoms with van der Waals surface area (Å²) in [5, 5.41) is 8.91. The molecule has 0 unspecified atom stereocenters. The Kier molecular flexibility index (Phi) is 4.28. The van der Waals surface area contributed by atoms with E-state index in [0.717, 1.165) is 49.2 Å². The van der Waals surface area contributed by atoms with Crippen LogP contribution in [-0.4, -0.2) is 27.9 Å². The number of hydrogen-bond donors (Lipinski definition) is 2. The van der Waals surface area contributed by atoms with Gasteiger partial charge >= 0.3 is 0 Å². The van der Waals surface area contributed by atoms with Gasteiger partial charge in [0.25, 0.3) is 0 Å². The zero-order chi connectivity index (χ0) is 13.0. The monoisotopic (exact) mass is 247 g/mol. The molecule has 0 saturated heterocycles. The number of nitrogens with two attached hydrogens (primary N) is 1. The summed E-state index contributed by atoms with van der Waals surface area (Å²) >= 11 is 0. The number of hydrogen-bond acceptors (Lipinski definition) is 4. The lowest BCUT2D eigenvalue weighted by atomic mass is 10.2. The standard InChI is InChI=1S/C13H21N5/c1-10-12-7-11(8-15-6-4-3-5-14)9-16-13(12)18(2)17-10/h7,9,15H,3-6,8,14H2,1-2H3. The van der Waals surface area contributed by atoms with Crippen LogP contribution in [-0.2, 0) is 13.6 Å². The first-order valence-corrected chi connectivity index (χ1v) is 6.41.